The van der Waals surface area contributed by atoms with E-state index >= 15 is 0 Å². The number of hydrogen-bond donors (Lipinski definition) is 2. The Bertz CT molecular complexity index is 1130. The number of aryl methyl sites for hydroxylation is 1. The zero-order valence-electron chi connectivity index (χ0n) is 16.3. The number of hydrogen-bond acceptors (Lipinski definition) is 2. The third-order valence-corrected chi connectivity index (χ3v) is 5.13. The van der Waals surface area contributed by atoms with Gasteiger partial charge >= 0.3 is 5.97 Å². The number of fused-ring (bicyclic) bond motifs is 1. The van der Waals surface area contributed by atoms with Gasteiger partial charge in [-0.05, 0) is 52.9 Å². The highest BCUT2D eigenvalue weighted by Gasteiger charge is 2.17. The van der Waals surface area contributed by atoms with E-state index in [0.29, 0.717) is 6.61 Å². The summed E-state index contributed by atoms with van der Waals surface area (Å²) in [6, 6.07) is 23.9. The van der Waals surface area contributed by atoms with Gasteiger partial charge in [-0.15, -0.1) is 0 Å². The van der Waals surface area contributed by atoms with E-state index in [-0.39, 0.29) is 6.42 Å². The van der Waals surface area contributed by atoms with E-state index in [1.807, 2.05) is 66.7 Å². The van der Waals surface area contributed by atoms with Crippen molar-refractivity contribution in [2.45, 2.75) is 26.4 Å². The molecule has 2 N–H and O–H groups in total. The lowest BCUT2D eigenvalue weighted by Gasteiger charge is -2.08. The first-order valence-corrected chi connectivity index (χ1v) is 9.77. The molecule has 0 fully saturated rings. The first-order valence-electron chi connectivity index (χ1n) is 9.77. The largest absolute Gasteiger partial charge is 0.489 e. The van der Waals surface area contributed by atoms with Crippen LogP contribution in [0.1, 0.15) is 23.6 Å². The molecular weight excluding hydrogens is 362 g/mol. The number of carbonyl (C=O) groups is 1. The number of rotatable bonds is 7. The molecule has 0 radical (unpaired) electrons. The van der Waals surface area contributed by atoms with Crippen molar-refractivity contribution in [2.75, 3.05) is 0 Å². The number of aliphatic carboxylic acids is 1. The summed E-state index contributed by atoms with van der Waals surface area (Å²) in [7, 11) is 0. The minimum absolute atomic E-state index is 0.0191. The molecule has 4 heteroatoms. The molecule has 4 aromatic rings. The number of ether oxygens (including phenoxy) is 1. The molecule has 4 nitrogen and oxygen atoms in total. The number of aromatic nitrogens is 1. The van der Waals surface area contributed by atoms with Gasteiger partial charge in [0.25, 0.3) is 0 Å². The van der Waals surface area contributed by atoms with Crippen LogP contribution in [0.2, 0.25) is 0 Å². The molecular formula is C25H23NO3. The molecule has 29 heavy (non-hydrogen) atoms. The van der Waals surface area contributed by atoms with Gasteiger partial charge in [-0.3, -0.25) is 4.79 Å². The highest BCUT2D eigenvalue weighted by Crippen LogP contribution is 2.33. The first kappa shape index (κ1) is 18.8. The molecule has 0 bridgehead atoms. The molecule has 0 saturated heterocycles. The predicted molar refractivity (Wildman–Crippen MR) is 115 cm³/mol. The first-order chi connectivity index (χ1) is 14.2. The zero-order chi connectivity index (χ0) is 20.2. The van der Waals surface area contributed by atoms with Crippen molar-refractivity contribution in [3.63, 3.8) is 0 Å². The Labute approximate surface area is 169 Å². The summed E-state index contributed by atoms with van der Waals surface area (Å²) in [4.78, 5) is 15.0. The number of H-pyrrole nitrogens is 1. The van der Waals surface area contributed by atoms with Gasteiger partial charge in [0.1, 0.15) is 12.4 Å². The van der Waals surface area contributed by atoms with Gasteiger partial charge in [0.15, 0.2) is 0 Å². The van der Waals surface area contributed by atoms with Crippen LogP contribution in [-0.2, 0) is 24.2 Å². The molecule has 0 spiro atoms. The zero-order valence-corrected chi connectivity index (χ0v) is 16.3. The number of nitrogens with one attached hydrogen (secondary N) is 1. The average molecular weight is 385 g/mol. The van der Waals surface area contributed by atoms with Crippen LogP contribution >= 0.6 is 0 Å². The monoisotopic (exact) mass is 385 g/mol. The summed E-state index contributed by atoms with van der Waals surface area (Å²) in [6.07, 6.45) is 0.866. The standard InChI is InChI=1S/C25H23NO3/c1-2-18-9-6-10-21-22(15-23(27)28)25(26-24(18)21)19-11-13-20(14-12-19)29-16-17-7-4-3-5-8-17/h3-14,26H,2,15-16H2,1H3,(H,27,28). The molecule has 0 aliphatic heterocycles. The second-order valence-electron chi connectivity index (χ2n) is 7.04. The molecule has 0 amide bonds. The van der Waals surface area contributed by atoms with Crippen LogP contribution in [-0.4, -0.2) is 16.1 Å². The molecule has 0 saturated carbocycles. The SMILES string of the molecule is CCc1cccc2c(CC(=O)O)c(-c3ccc(OCc4ccccc4)cc3)[nH]c12. The van der Waals surface area contributed by atoms with Crippen molar-refractivity contribution in [3.8, 4) is 17.0 Å². The fourth-order valence-electron chi connectivity index (χ4n) is 3.67. The lowest BCUT2D eigenvalue weighted by molar-refractivity contribution is -0.136. The highest BCUT2D eigenvalue weighted by molar-refractivity contribution is 5.95. The third-order valence-electron chi connectivity index (χ3n) is 5.13. The molecule has 146 valence electrons. The lowest BCUT2D eigenvalue weighted by Crippen LogP contribution is -2.01. The Morgan fingerprint density at radius 2 is 1.72 bits per heavy atom. The minimum Gasteiger partial charge on any atom is -0.489 e. The molecule has 1 heterocycles. The van der Waals surface area contributed by atoms with E-state index in [1.54, 1.807) is 0 Å². The fraction of sp³-hybridized carbons (Fsp3) is 0.160. The molecule has 0 unspecified atom stereocenters. The quantitative estimate of drug-likeness (QED) is 0.435. The van der Waals surface area contributed by atoms with Crippen LogP contribution < -0.4 is 4.74 Å². The summed E-state index contributed by atoms with van der Waals surface area (Å²) in [5.74, 6) is -0.0559. The van der Waals surface area contributed by atoms with Crippen LogP contribution in [0.25, 0.3) is 22.2 Å². The average Bonchev–Trinajstić information content (AvgIpc) is 3.11. The summed E-state index contributed by atoms with van der Waals surface area (Å²) >= 11 is 0. The molecule has 4 rings (SSSR count). The second kappa shape index (κ2) is 8.23. The maximum absolute atomic E-state index is 11.5. The summed E-state index contributed by atoms with van der Waals surface area (Å²) in [5.41, 5.74) is 5.95. The molecule has 1 aromatic heterocycles. The van der Waals surface area contributed by atoms with Crippen molar-refractivity contribution < 1.29 is 14.6 Å². The van der Waals surface area contributed by atoms with Crippen molar-refractivity contribution >= 4 is 16.9 Å². The smallest absolute Gasteiger partial charge is 0.307 e. The van der Waals surface area contributed by atoms with Crippen LogP contribution in [0.3, 0.4) is 0 Å². The van der Waals surface area contributed by atoms with Gasteiger partial charge in [0.2, 0.25) is 0 Å². The van der Waals surface area contributed by atoms with Gasteiger partial charge in [-0.2, -0.15) is 0 Å². The topological polar surface area (TPSA) is 62.3 Å². The van der Waals surface area contributed by atoms with E-state index < -0.39 is 5.97 Å². The summed E-state index contributed by atoms with van der Waals surface area (Å²) in [6.45, 7) is 2.61. The van der Waals surface area contributed by atoms with E-state index in [1.165, 1.54) is 5.56 Å². The maximum atomic E-state index is 11.5. The minimum atomic E-state index is -0.836. The number of carboxylic acid groups (broad SMARTS) is 1. The Morgan fingerprint density at radius 1 is 0.966 bits per heavy atom. The molecule has 0 aliphatic rings. The Morgan fingerprint density at radius 3 is 2.41 bits per heavy atom. The van der Waals surface area contributed by atoms with Gasteiger partial charge in [0, 0.05) is 10.9 Å². The fourth-order valence-corrected chi connectivity index (χ4v) is 3.67. The van der Waals surface area contributed by atoms with Crippen LogP contribution in [0.15, 0.2) is 72.8 Å². The molecule has 0 aliphatic carbocycles. The molecule has 0 atom stereocenters. The predicted octanol–water partition coefficient (Wildman–Crippen LogP) is 5.60. The van der Waals surface area contributed by atoms with Gasteiger partial charge < -0.3 is 14.8 Å². The van der Waals surface area contributed by atoms with Crippen molar-refractivity contribution in [3.05, 3.63) is 89.5 Å². The van der Waals surface area contributed by atoms with Crippen molar-refractivity contribution in [1.82, 2.24) is 4.98 Å². The van der Waals surface area contributed by atoms with E-state index in [2.05, 4.69) is 18.0 Å². The lowest BCUT2D eigenvalue weighted by atomic mass is 10.0. The second-order valence-corrected chi connectivity index (χ2v) is 7.04. The Hall–Kier alpha value is -3.53. The normalized spacial score (nSPS) is 10.9. The highest BCUT2D eigenvalue weighted by atomic mass is 16.5. The summed E-state index contributed by atoms with van der Waals surface area (Å²) < 4.78 is 5.87. The number of carboxylic acids is 1. The number of para-hydroxylation sites is 1. The third kappa shape index (κ3) is 4.02. The van der Waals surface area contributed by atoms with Gasteiger partial charge in [-0.1, -0.05) is 55.5 Å². The van der Waals surface area contributed by atoms with E-state index in [0.717, 1.165) is 45.5 Å². The Balaban J connectivity index is 1.66. The maximum Gasteiger partial charge on any atom is 0.307 e. The van der Waals surface area contributed by atoms with Crippen LogP contribution in [0, 0.1) is 0 Å². The molecule has 3 aromatic carbocycles. The van der Waals surface area contributed by atoms with E-state index in [4.69, 9.17) is 4.74 Å². The number of aromatic amines is 1. The summed E-state index contributed by atoms with van der Waals surface area (Å²) in [5, 5.41) is 10.4. The van der Waals surface area contributed by atoms with E-state index in [9.17, 15) is 9.90 Å². The van der Waals surface area contributed by atoms with Gasteiger partial charge in [-0.25, -0.2) is 0 Å². The Kier molecular flexibility index (Phi) is 5.34. The van der Waals surface area contributed by atoms with Crippen LogP contribution in [0.5, 0.6) is 5.75 Å². The van der Waals surface area contributed by atoms with Crippen molar-refractivity contribution in [1.29, 1.82) is 0 Å². The van der Waals surface area contributed by atoms with Crippen molar-refractivity contribution in [2.24, 2.45) is 0 Å². The van der Waals surface area contributed by atoms with Gasteiger partial charge in [0.05, 0.1) is 12.1 Å². The number of benzene rings is 3. The van der Waals surface area contributed by atoms with Crippen LogP contribution in [0.4, 0.5) is 0 Å².